The van der Waals surface area contributed by atoms with Crippen molar-refractivity contribution in [2.45, 2.75) is 33.2 Å². The second kappa shape index (κ2) is 5.00. The molecule has 0 fully saturated rings. The van der Waals surface area contributed by atoms with Gasteiger partial charge in [-0.2, -0.15) is 0 Å². The first kappa shape index (κ1) is 11.3. The molecule has 1 heteroatoms. The second-order valence-corrected chi connectivity index (χ2v) is 3.77. The molecule has 12 heavy (non-hydrogen) atoms. The van der Waals surface area contributed by atoms with E-state index in [2.05, 4.69) is 44.1 Å². The van der Waals surface area contributed by atoms with Gasteiger partial charge in [-0.3, -0.25) is 4.90 Å². The topological polar surface area (TPSA) is 3.24 Å². The summed E-state index contributed by atoms with van der Waals surface area (Å²) in [4.78, 5) is 2.29. The van der Waals surface area contributed by atoms with E-state index in [0.29, 0.717) is 0 Å². The Morgan fingerprint density at radius 2 is 2.00 bits per heavy atom. The lowest BCUT2D eigenvalue weighted by molar-refractivity contribution is 0.176. The molecule has 0 radical (unpaired) electrons. The summed E-state index contributed by atoms with van der Waals surface area (Å²) >= 11 is 0. The van der Waals surface area contributed by atoms with Crippen LogP contribution in [0.3, 0.4) is 0 Å². The molecule has 0 heterocycles. The Bertz CT molecular complexity index is 187. The molecule has 0 aliphatic rings. The van der Waals surface area contributed by atoms with Crippen LogP contribution in [0.5, 0.6) is 0 Å². The summed E-state index contributed by atoms with van der Waals surface area (Å²) in [5.74, 6) is 5.97. The Morgan fingerprint density at radius 1 is 1.42 bits per heavy atom. The number of rotatable bonds is 3. The van der Waals surface area contributed by atoms with E-state index >= 15 is 0 Å². The zero-order valence-corrected chi connectivity index (χ0v) is 8.65. The van der Waals surface area contributed by atoms with Gasteiger partial charge in [0.2, 0.25) is 0 Å². The smallest absolute Gasteiger partial charge is 0.0608 e. The van der Waals surface area contributed by atoms with Crippen LogP contribution in [-0.2, 0) is 0 Å². The van der Waals surface area contributed by atoms with E-state index in [1.54, 1.807) is 0 Å². The molecule has 0 bridgehead atoms. The molecule has 0 amide bonds. The molecule has 0 atom stereocenters. The van der Waals surface area contributed by atoms with Crippen molar-refractivity contribution in [2.75, 3.05) is 13.1 Å². The Labute approximate surface area is 76.5 Å². The maximum absolute atomic E-state index is 3.73. The van der Waals surface area contributed by atoms with Crippen molar-refractivity contribution in [1.82, 2.24) is 4.90 Å². The summed E-state index contributed by atoms with van der Waals surface area (Å²) in [5.41, 5.74) is 0.179. The second-order valence-electron chi connectivity index (χ2n) is 3.77. The molecule has 0 aliphatic carbocycles. The van der Waals surface area contributed by atoms with Gasteiger partial charge in [0.1, 0.15) is 0 Å². The third-order valence-corrected chi connectivity index (χ3v) is 1.74. The van der Waals surface area contributed by atoms with E-state index in [0.717, 1.165) is 13.1 Å². The highest BCUT2D eigenvalue weighted by Gasteiger charge is 2.18. The van der Waals surface area contributed by atoms with Crippen LogP contribution in [0.15, 0.2) is 12.7 Å². The molecular weight excluding hydrogens is 146 g/mol. The van der Waals surface area contributed by atoms with Gasteiger partial charge in [0.25, 0.3) is 0 Å². The van der Waals surface area contributed by atoms with Crippen LogP contribution in [0.25, 0.3) is 0 Å². The largest absolute Gasteiger partial charge is 0.284 e. The first-order chi connectivity index (χ1) is 5.52. The fraction of sp³-hybridized carbons (Fsp3) is 0.636. The Kier molecular flexibility index (Phi) is 4.70. The summed E-state index contributed by atoms with van der Waals surface area (Å²) < 4.78 is 0. The SMILES string of the molecule is C=CCN(CC#CC)C(C)(C)C. The molecule has 68 valence electrons. The first-order valence-corrected chi connectivity index (χ1v) is 4.28. The van der Waals surface area contributed by atoms with E-state index in [-0.39, 0.29) is 5.54 Å². The van der Waals surface area contributed by atoms with Crippen molar-refractivity contribution < 1.29 is 0 Å². The van der Waals surface area contributed by atoms with Crippen molar-refractivity contribution in [3.63, 3.8) is 0 Å². The maximum Gasteiger partial charge on any atom is 0.0608 e. The van der Waals surface area contributed by atoms with Gasteiger partial charge in [0, 0.05) is 12.1 Å². The summed E-state index contributed by atoms with van der Waals surface area (Å²) in [6.45, 7) is 13.9. The van der Waals surface area contributed by atoms with E-state index in [4.69, 9.17) is 0 Å². The molecule has 0 spiro atoms. The third kappa shape index (κ3) is 4.20. The van der Waals surface area contributed by atoms with Crippen molar-refractivity contribution in [3.8, 4) is 11.8 Å². The van der Waals surface area contributed by atoms with Gasteiger partial charge in [0.15, 0.2) is 0 Å². The van der Waals surface area contributed by atoms with Crippen LogP contribution in [0.4, 0.5) is 0 Å². The molecule has 0 unspecified atom stereocenters. The van der Waals surface area contributed by atoms with Gasteiger partial charge < -0.3 is 0 Å². The fourth-order valence-electron chi connectivity index (χ4n) is 0.906. The molecule has 0 aliphatic heterocycles. The summed E-state index contributed by atoms with van der Waals surface area (Å²) in [7, 11) is 0. The lowest BCUT2D eigenvalue weighted by Gasteiger charge is -2.33. The Balaban J connectivity index is 4.19. The minimum atomic E-state index is 0.179. The van der Waals surface area contributed by atoms with Crippen LogP contribution in [0.2, 0.25) is 0 Å². The average molecular weight is 165 g/mol. The summed E-state index contributed by atoms with van der Waals surface area (Å²) in [6, 6.07) is 0. The van der Waals surface area contributed by atoms with Crippen LogP contribution >= 0.6 is 0 Å². The van der Waals surface area contributed by atoms with Crippen LogP contribution in [0.1, 0.15) is 27.7 Å². The normalized spacial score (nSPS) is 10.8. The minimum absolute atomic E-state index is 0.179. The molecular formula is C11H19N. The molecule has 0 saturated carbocycles. The highest BCUT2D eigenvalue weighted by molar-refractivity contribution is 5.00. The standard InChI is InChI=1S/C11H19N/c1-6-8-10-12(9-7-2)11(3,4)5/h7H,2,9-10H2,1,3-5H3. The van der Waals surface area contributed by atoms with E-state index in [1.165, 1.54) is 0 Å². The van der Waals surface area contributed by atoms with E-state index in [9.17, 15) is 0 Å². The van der Waals surface area contributed by atoms with Gasteiger partial charge in [-0.25, -0.2) is 0 Å². The van der Waals surface area contributed by atoms with Crippen molar-refractivity contribution in [2.24, 2.45) is 0 Å². The van der Waals surface area contributed by atoms with Gasteiger partial charge in [-0.1, -0.05) is 12.0 Å². The lowest BCUT2D eigenvalue weighted by Crippen LogP contribution is -2.41. The molecule has 0 rings (SSSR count). The van der Waals surface area contributed by atoms with E-state index < -0.39 is 0 Å². The van der Waals surface area contributed by atoms with Crippen LogP contribution in [-0.4, -0.2) is 23.5 Å². The zero-order valence-electron chi connectivity index (χ0n) is 8.65. The lowest BCUT2D eigenvalue weighted by atomic mass is 10.1. The predicted molar refractivity (Wildman–Crippen MR) is 55.0 cm³/mol. The highest BCUT2D eigenvalue weighted by atomic mass is 15.2. The maximum atomic E-state index is 3.73. The minimum Gasteiger partial charge on any atom is -0.284 e. The van der Waals surface area contributed by atoms with E-state index in [1.807, 2.05) is 13.0 Å². The summed E-state index contributed by atoms with van der Waals surface area (Å²) in [5, 5.41) is 0. The molecule has 0 aromatic heterocycles. The molecule has 0 N–H and O–H groups in total. The van der Waals surface area contributed by atoms with Crippen molar-refractivity contribution >= 4 is 0 Å². The summed E-state index contributed by atoms with van der Waals surface area (Å²) in [6.07, 6.45) is 1.92. The first-order valence-electron chi connectivity index (χ1n) is 4.28. The van der Waals surface area contributed by atoms with Crippen LogP contribution in [0, 0.1) is 11.8 Å². The van der Waals surface area contributed by atoms with Crippen LogP contribution < -0.4 is 0 Å². The van der Waals surface area contributed by atoms with Crippen molar-refractivity contribution in [3.05, 3.63) is 12.7 Å². The number of hydrogen-bond donors (Lipinski definition) is 0. The molecule has 0 aromatic carbocycles. The molecule has 1 nitrogen and oxygen atoms in total. The molecule has 0 saturated heterocycles. The fourth-order valence-corrected chi connectivity index (χ4v) is 0.906. The average Bonchev–Trinajstić information content (AvgIpc) is 1.95. The van der Waals surface area contributed by atoms with Gasteiger partial charge in [-0.05, 0) is 27.7 Å². The Morgan fingerprint density at radius 3 is 2.33 bits per heavy atom. The predicted octanol–water partition coefficient (Wildman–Crippen LogP) is 2.30. The third-order valence-electron chi connectivity index (χ3n) is 1.74. The quantitative estimate of drug-likeness (QED) is 0.458. The van der Waals surface area contributed by atoms with Gasteiger partial charge in [-0.15, -0.1) is 12.5 Å². The zero-order chi connectivity index (χ0) is 9.61. The highest BCUT2D eigenvalue weighted by Crippen LogP contribution is 2.11. The van der Waals surface area contributed by atoms with Gasteiger partial charge in [0.05, 0.1) is 6.54 Å². The molecule has 0 aromatic rings. The number of nitrogens with zero attached hydrogens (tertiary/aromatic N) is 1. The monoisotopic (exact) mass is 165 g/mol. The van der Waals surface area contributed by atoms with Crippen molar-refractivity contribution in [1.29, 1.82) is 0 Å². The Hall–Kier alpha value is -0.740. The number of hydrogen-bond acceptors (Lipinski definition) is 1. The van der Waals surface area contributed by atoms with Gasteiger partial charge >= 0.3 is 0 Å².